The van der Waals surface area contributed by atoms with Gasteiger partial charge in [0, 0.05) is 17.6 Å². The van der Waals surface area contributed by atoms with E-state index in [2.05, 4.69) is 5.32 Å². The van der Waals surface area contributed by atoms with Crippen LogP contribution in [-0.2, 0) is 11.2 Å². The van der Waals surface area contributed by atoms with Crippen molar-refractivity contribution in [2.75, 3.05) is 6.54 Å². The molecule has 1 rings (SSSR count). The van der Waals surface area contributed by atoms with Crippen LogP contribution in [0.15, 0.2) is 18.2 Å². The van der Waals surface area contributed by atoms with Crippen LogP contribution < -0.4 is 11.1 Å². The molecule has 1 atom stereocenters. The lowest BCUT2D eigenvalue weighted by molar-refractivity contribution is -0.122. The zero-order chi connectivity index (χ0) is 15.3. The van der Waals surface area contributed by atoms with E-state index in [9.17, 15) is 13.6 Å². The number of hydrogen-bond acceptors (Lipinski definition) is 2. The maximum atomic E-state index is 13.5. The van der Waals surface area contributed by atoms with E-state index >= 15 is 0 Å². The number of nitrogens with two attached hydrogens (primary N) is 1. The van der Waals surface area contributed by atoms with Gasteiger partial charge < -0.3 is 11.1 Å². The molecule has 1 amide bonds. The minimum absolute atomic E-state index is 0.0476. The Balaban J connectivity index is 2.74. The van der Waals surface area contributed by atoms with Crippen LogP contribution in [0.3, 0.4) is 0 Å². The van der Waals surface area contributed by atoms with Gasteiger partial charge in [-0.1, -0.05) is 26.0 Å². The summed E-state index contributed by atoms with van der Waals surface area (Å²) in [6, 6.07) is 3.82. The third-order valence-electron chi connectivity index (χ3n) is 3.13. The number of halogens is 2. The van der Waals surface area contributed by atoms with E-state index in [1.165, 1.54) is 12.1 Å². The van der Waals surface area contributed by atoms with Crippen molar-refractivity contribution in [1.29, 1.82) is 0 Å². The lowest BCUT2D eigenvalue weighted by Gasteiger charge is -2.31. The largest absolute Gasteiger partial charge is 0.349 e. The Kier molecular flexibility index (Phi) is 5.62. The van der Waals surface area contributed by atoms with E-state index in [0.29, 0.717) is 12.5 Å². The molecule has 0 heterocycles. The van der Waals surface area contributed by atoms with Crippen molar-refractivity contribution in [2.24, 2.45) is 11.7 Å². The van der Waals surface area contributed by atoms with Gasteiger partial charge in [-0.3, -0.25) is 4.79 Å². The first-order valence-electron chi connectivity index (χ1n) is 6.71. The Morgan fingerprint density at radius 2 is 2.05 bits per heavy atom. The number of carbonyl (C=O) groups is 1. The summed E-state index contributed by atoms with van der Waals surface area (Å²) in [5, 5.41) is 2.82. The zero-order valence-electron chi connectivity index (χ0n) is 12.2. The van der Waals surface area contributed by atoms with Crippen LogP contribution in [0, 0.1) is 17.6 Å². The van der Waals surface area contributed by atoms with Gasteiger partial charge in [-0.2, -0.15) is 0 Å². The van der Waals surface area contributed by atoms with Gasteiger partial charge in [0.05, 0.1) is 6.42 Å². The van der Waals surface area contributed by atoms with E-state index < -0.39 is 17.2 Å². The van der Waals surface area contributed by atoms with Gasteiger partial charge in [0.2, 0.25) is 5.91 Å². The average Bonchev–Trinajstić information content (AvgIpc) is 2.33. The molecule has 0 aliphatic rings. The van der Waals surface area contributed by atoms with E-state index in [0.717, 1.165) is 12.5 Å². The monoisotopic (exact) mass is 284 g/mol. The fourth-order valence-electron chi connectivity index (χ4n) is 2.33. The quantitative estimate of drug-likeness (QED) is 0.842. The van der Waals surface area contributed by atoms with Crippen molar-refractivity contribution in [3.63, 3.8) is 0 Å². The van der Waals surface area contributed by atoms with Crippen LogP contribution in [0.25, 0.3) is 0 Å². The summed E-state index contributed by atoms with van der Waals surface area (Å²) >= 11 is 0. The third kappa shape index (κ3) is 4.56. The van der Waals surface area contributed by atoms with E-state index in [1.54, 1.807) is 0 Å². The Morgan fingerprint density at radius 1 is 1.40 bits per heavy atom. The molecule has 0 aliphatic carbocycles. The second-order valence-electron chi connectivity index (χ2n) is 5.80. The average molecular weight is 284 g/mol. The first-order valence-corrected chi connectivity index (χ1v) is 6.71. The zero-order valence-corrected chi connectivity index (χ0v) is 12.2. The van der Waals surface area contributed by atoms with Gasteiger partial charge in [0.25, 0.3) is 0 Å². The lowest BCUT2D eigenvalue weighted by Crippen LogP contribution is -2.52. The molecule has 1 aromatic carbocycles. The Bertz CT molecular complexity index is 477. The van der Waals surface area contributed by atoms with Crippen LogP contribution in [-0.4, -0.2) is 18.0 Å². The molecular formula is C15H22F2N2O. The van der Waals surface area contributed by atoms with Crippen molar-refractivity contribution < 1.29 is 13.6 Å². The molecule has 1 unspecified atom stereocenters. The Labute approximate surface area is 118 Å². The predicted octanol–water partition coefficient (Wildman–Crippen LogP) is 2.39. The van der Waals surface area contributed by atoms with Crippen molar-refractivity contribution in [3.8, 4) is 0 Å². The molecule has 0 spiro atoms. The molecule has 20 heavy (non-hydrogen) atoms. The molecule has 112 valence electrons. The highest BCUT2D eigenvalue weighted by Gasteiger charge is 2.26. The molecule has 0 aromatic heterocycles. The second kappa shape index (κ2) is 6.79. The Morgan fingerprint density at radius 3 is 2.60 bits per heavy atom. The molecule has 0 saturated heterocycles. The number of benzene rings is 1. The summed E-state index contributed by atoms with van der Waals surface area (Å²) in [6.45, 7) is 6.22. The molecule has 3 N–H and O–H groups in total. The number of hydrogen-bond donors (Lipinski definition) is 2. The Hall–Kier alpha value is -1.49. The highest BCUT2D eigenvalue weighted by atomic mass is 19.2. The summed E-state index contributed by atoms with van der Waals surface area (Å²) in [4.78, 5) is 12.0. The second-order valence-corrected chi connectivity index (χ2v) is 5.80. The van der Waals surface area contributed by atoms with E-state index in [1.807, 2.05) is 20.8 Å². The highest BCUT2D eigenvalue weighted by molar-refractivity contribution is 5.79. The van der Waals surface area contributed by atoms with Gasteiger partial charge in [-0.25, -0.2) is 8.78 Å². The molecule has 0 bridgehead atoms. The van der Waals surface area contributed by atoms with Gasteiger partial charge in [0.1, 0.15) is 0 Å². The van der Waals surface area contributed by atoms with Crippen molar-refractivity contribution in [1.82, 2.24) is 5.32 Å². The minimum atomic E-state index is -0.971. The fourth-order valence-corrected chi connectivity index (χ4v) is 2.33. The molecule has 1 aromatic rings. The minimum Gasteiger partial charge on any atom is -0.349 e. The maximum absolute atomic E-state index is 13.5. The number of nitrogens with one attached hydrogen (secondary N) is 1. The SMILES string of the molecule is CC(C)CC(C)(CN)NC(=O)Cc1cccc(F)c1F. The number of rotatable bonds is 6. The highest BCUT2D eigenvalue weighted by Crippen LogP contribution is 2.16. The molecule has 3 nitrogen and oxygen atoms in total. The predicted molar refractivity (Wildman–Crippen MR) is 75.1 cm³/mol. The molecule has 0 aliphatic heterocycles. The van der Waals surface area contributed by atoms with Crippen molar-refractivity contribution in [2.45, 2.75) is 39.2 Å². The number of carbonyl (C=O) groups excluding carboxylic acids is 1. The molecular weight excluding hydrogens is 262 g/mol. The molecule has 0 fully saturated rings. The van der Waals surface area contributed by atoms with Crippen LogP contribution in [0.2, 0.25) is 0 Å². The van der Waals surface area contributed by atoms with E-state index in [4.69, 9.17) is 5.73 Å². The first-order chi connectivity index (χ1) is 9.27. The van der Waals surface area contributed by atoms with Gasteiger partial charge in [-0.15, -0.1) is 0 Å². The summed E-state index contributed by atoms with van der Waals surface area (Å²) in [6.07, 6.45) is 0.526. The van der Waals surface area contributed by atoms with Crippen LogP contribution in [0.5, 0.6) is 0 Å². The van der Waals surface area contributed by atoms with Crippen molar-refractivity contribution >= 4 is 5.91 Å². The molecule has 0 saturated carbocycles. The first kappa shape index (κ1) is 16.6. The summed E-state index contributed by atoms with van der Waals surface area (Å²) in [5.74, 6) is -1.90. The van der Waals surface area contributed by atoms with E-state index in [-0.39, 0.29) is 17.9 Å². The van der Waals surface area contributed by atoms with Gasteiger partial charge in [-0.05, 0) is 25.3 Å². The molecule has 0 radical (unpaired) electrons. The number of amides is 1. The smallest absolute Gasteiger partial charge is 0.224 e. The van der Waals surface area contributed by atoms with Crippen molar-refractivity contribution in [3.05, 3.63) is 35.4 Å². The molecule has 5 heteroatoms. The normalized spacial score (nSPS) is 14.2. The van der Waals surface area contributed by atoms with Crippen LogP contribution >= 0.6 is 0 Å². The summed E-state index contributed by atoms with van der Waals surface area (Å²) < 4.78 is 26.6. The summed E-state index contributed by atoms with van der Waals surface area (Å²) in [5.41, 5.74) is 5.22. The lowest BCUT2D eigenvalue weighted by atomic mass is 9.90. The standard InChI is InChI=1S/C15H22F2N2O/c1-10(2)8-15(3,9-18)19-13(20)7-11-5-4-6-12(16)14(11)17/h4-6,10H,7-9,18H2,1-3H3,(H,19,20). The third-order valence-corrected chi connectivity index (χ3v) is 3.13. The van der Waals surface area contributed by atoms with Gasteiger partial charge in [0.15, 0.2) is 11.6 Å². The fraction of sp³-hybridized carbons (Fsp3) is 0.533. The maximum Gasteiger partial charge on any atom is 0.224 e. The topological polar surface area (TPSA) is 55.1 Å². The van der Waals surface area contributed by atoms with Crippen LogP contribution in [0.1, 0.15) is 32.8 Å². The summed E-state index contributed by atoms with van der Waals surface area (Å²) in [7, 11) is 0. The van der Waals surface area contributed by atoms with Gasteiger partial charge >= 0.3 is 0 Å². The van der Waals surface area contributed by atoms with Crippen LogP contribution in [0.4, 0.5) is 8.78 Å².